The third-order valence-electron chi connectivity index (χ3n) is 3.75. The highest BCUT2D eigenvalue weighted by molar-refractivity contribution is 6.04. The van der Waals surface area contributed by atoms with Crippen LogP contribution in [0.15, 0.2) is 60.8 Å². The van der Waals surface area contributed by atoms with Crippen molar-refractivity contribution in [2.75, 3.05) is 11.9 Å². The fourth-order valence-corrected chi connectivity index (χ4v) is 2.41. The first kappa shape index (κ1) is 17.9. The Kier molecular flexibility index (Phi) is 5.28. The van der Waals surface area contributed by atoms with Gasteiger partial charge in [0.2, 0.25) is 0 Å². The van der Waals surface area contributed by atoms with Crippen molar-refractivity contribution in [2.24, 2.45) is 0 Å². The van der Waals surface area contributed by atoms with Crippen LogP contribution in [0.3, 0.4) is 0 Å². The van der Waals surface area contributed by atoms with Crippen molar-refractivity contribution in [1.29, 1.82) is 5.26 Å². The normalized spacial score (nSPS) is 10.1. The van der Waals surface area contributed by atoms with Crippen LogP contribution in [-0.4, -0.2) is 28.3 Å². The lowest BCUT2D eigenvalue weighted by Gasteiger charge is -2.04. The first-order valence-corrected chi connectivity index (χ1v) is 8.26. The van der Waals surface area contributed by atoms with E-state index in [9.17, 15) is 14.9 Å². The summed E-state index contributed by atoms with van der Waals surface area (Å²) < 4.78 is 6.41. The number of carbonyl (C=O) groups is 2. The molecule has 0 atom stereocenters. The van der Waals surface area contributed by atoms with E-state index in [1.165, 1.54) is 10.9 Å². The molecule has 7 nitrogen and oxygen atoms in total. The number of carbonyl (C=O) groups excluding carboxylic acids is 2. The monoisotopic (exact) mass is 360 g/mol. The van der Waals surface area contributed by atoms with Gasteiger partial charge in [0.15, 0.2) is 5.82 Å². The molecule has 0 spiro atoms. The maximum absolute atomic E-state index is 12.3. The van der Waals surface area contributed by atoms with Crippen molar-refractivity contribution in [3.8, 4) is 11.8 Å². The van der Waals surface area contributed by atoms with Crippen LogP contribution < -0.4 is 5.32 Å². The highest BCUT2D eigenvalue weighted by Crippen LogP contribution is 2.18. The van der Waals surface area contributed by atoms with Gasteiger partial charge in [-0.3, -0.25) is 4.79 Å². The van der Waals surface area contributed by atoms with Crippen LogP contribution in [0.1, 0.15) is 33.2 Å². The number of nitriles is 1. The first-order valence-electron chi connectivity index (χ1n) is 8.26. The highest BCUT2D eigenvalue weighted by Gasteiger charge is 2.14. The van der Waals surface area contributed by atoms with Crippen molar-refractivity contribution < 1.29 is 14.3 Å². The quantitative estimate of drug-likeness (QED) is 0.705. The summed E-state index contributed by atoms with van der Waals surface area (Å²) in [6.07, 6.45) is 1.51. The lowest BCUT2D eigenvalue weighted by atomic mass is 10.2. The topological polar surface area (TPSA) is 97.0 Å². The van der Waals surface area contributed by atoms with E-state index < -0.39 is 5.97 Å². The van der Waals surface area contributed by atoms with Gasteiger partial charge in [-0.05, 0) is 43.3 Å². The smallest absolute Gasteiger partial charge is 0.338 e. The number of nitrogens with one attached hydrogen (secondary N) is 1. The predicted octanol–water partition coefficient (Wildman–Crippen LogP) is 3.17. The molecule has 1 aromatic heterocycles. The van der Waals surface area contributed by atoms with E-state index in [2.05, 4.69) is 10.4 Å². The molecular weight excluding hydrogens is 344 g/mol. The van der Waals surface area contributed by atoms with Gasteiger partial charge >= 0.3 is 5.97 Å². The largest absolute Gasteiger partial charge is 0.462 e. The van der Waals surface area contributed by atoms with Crippen LogP contribution in [-0.2, 0) is 4.74 Å². The van der Waals surface area contributed by atoms with Crippen LogP contribution in [0, 0.1) is 11.3 Å². The van der Waals surface area contributed by atoms with Gasteiger partial charge in [-0.15, -0.1) is 5.10 Å². The number of benzene rings is 2. The standard InChI is InChI=1S/C20H16N4O3/c1-2-27-20(26)15-8-10-17(11-9-15)24-13-16(12-21)18(23-24)22-19(25)14-6-4-3-5-7-14/h3-11,13H,2H2,1H3,(H,22,23,25). The molecule has 3 rings (SSSR count). The summed E-state index contributed by atoms with van der Waals surface area (Å²) in [6, 6.07) is 17.3. The zero-order chi connectivity index (χ0) is 19.2. The zero-order valence-corrected chi connectivity index (χ0v) is 14.5. The minimum atomic E-state index is -0.405. The van der Waals surface area contributed by atoms with Gasteiger partial charge in [0.25, 0.3) is 5.91 Å². The van der Waals surface area contributed by atoms with E-state index in [4.69, 9.17) is 4.74 Å². The number of aromatic nitrogens is 2. The lowest BCUT2D eigenvalue weighted by molar-refractivity contribution is 0.0526. The van der Waals surface area contributed by atoms with Crippen LogP contribution in [0.25, 0.3) is 5.69 Å². The average Bonchev–Trinajstić information content (AvgIpc) is 3.11. The van der Waals surface area contributed by atoms with Crippen LogP contribution >= 0.6 is 0 Å². The molecule has 2 aromatic carbocycles. The number of anilines is 1. The molecule has 0 saturated heterocycles. The molecule has 27 heavy (non-hydrogen) atoms. The fraction of sp³-hybridized carbons (Fsp3) is 0.100. The number of hydrogen-bond acceptors (Lipinski definition) is 5. The van der Waals surface area contributed by atoms with Crippen molar-refractivity contribution in [2.45, 2.75) is 6.92 Å². The molecule has 0 unspecified atom stereocenters. The second kappa shape index (κ2) is 7.97. The molecule has 0 aliphatic rings. The summed E-state index contributed by atoms with van der Waals surface area (Å²) >= 11 is 0. The minimum absolute atomic E-state index is 0.167. The maximum Gasteiger partial charge on any atom is 0.338 e. The van der Waals surface area contributed by atoms with Gasteiger partial charge in [0.05, 0.1) is 24.1 Å². The van der Waals surface area contributed by atoms with E-state index in [0.29, 0.717) is 23.4 Å². The Hall–Kier alpha value is -3.92. The molecule has 134 valence electrons. The van der Waals surface area contributed by atoms with Gasteiger partial charge in [-0.2, -0.15) is 5.26 Å². The average molecular weight is 360 g/mol. The Morgan fingerprint density at radius 2 is 1.81 bits per heavy atom. The van der Waals surface area contributed by atoms with Crippen molar-refractivity contribution in [3.63, 3.8) is 0 Å². The Morgan fingerprint density at radius 1 is 1.11 bits per heavy atom. The second-order valence-electron chi connectivity index (χ2n) is 5.54. The zero-order valence-electron chi connectivity index (χ0n) is 14.5. The van der Waals surface area contributed by atoms with Crippen LogP contribution in [0.5, 0.6) is 0 Å². The molecule has 0 saturated carbocycles. The summed E-state index contributed by atoms with van der Waals surface area (Å²) in [6.45, 7) is 2.04. The molecular formula is C20H16N4O3. The second-order valence-corrected chi connectivity index (χ2v) is 5.54. The SMILES string of the molecule is CCOC(=O)c1ccc(-n2cc(C#N)c(NC(=O)c3ccccc3)n2)cc1. The van der Waals surface area contributed by atoms with Crippen molar-refractivity contribution in [1.82, 2.24) is 9.78 Å². The maximum atomic E-state index is 12.3. The number of esters is 1. The van der Waals surface area contributed by atoms with E-state index in [-0.39, 0.29) is 17.3 Å². The van der Waals surface area contributed by atoms with Crippen LogP contribution in [0.4, 0.5) is 5.82 Å². The van der Waals surface area contributed by atoms with E-state index in [1.807, 2.05) is 12.1 Å². The van der Waals surface area contributed by atoms with E-state index in [1.54, 1.807) is 55.5 Å². The molecule has 0 radical (unpaired) electrons. The Morgan fingerprint density at radius 3 is 2.44 bits per heavy atom. The van der Waals surface area contributed by atoms with Gasteiger partial charge in [0, 0.05) is 5.56 Å². The van der Waals surface area contributed by atoms with Crippen LogP contribution in [0.2, 0.25) is 0 Å². The molecule has 3 aromatic rings. The molecule has 1 N–H and O–H groups in total. The van der Waals surface area contributed by atoms with Gasteiger partial charge < -0.3 is 10.1 Å². The molecule has 1 heterocycles. The van der Waals surface area contributed by atoms with Gasteiger partial charge in [-0.25, -0.2) is 9.48 Å². The van der Waals surface area contributed by atoms with E-state index in [0.717, 1.165) is 0 Å². The highest BCUT2D eigenvalue weighted by atomic mass is 16.5. The molecule has 1 amide bonds. The molecule has 0 aliphatic heterocycles. The first-order chi connectivity index (χ1) is 13.1. The number of hydrogen-bond donors (Lipinski definition) is 1. The third kappa shape index (κ3) is 4.02. The molecule has 0 bridgehead atoms. The summed E-state index contributed by atoms with van der Waals surface area (Å²) in [5.41, 5.74) is 1.76. The molecule has 0 fully saturated rings. The van der Waals surface area contributed by atoms with Gasteiger partial charge in [0.1, 0.15) is 11.6 Å². The van der Waals surface area contributed by atoms with E-state index >= 15 is 0 Å². The lowest BCUT2D eigenvalue weighted by Crippen LogP contribution is -2.13. The third-order valence-corrected chi connectivity index (χ3v) is 3.75. The summed E-state index contributed by atoms with van der Waals surface area (Å²) in [4.78, 5) is 24.0. The van der Waals surface area contributed by atoms with Gasteiger partial charge in [-0.1, -0.05) is 18.2 Å². The van der Waals surface area contributed by atoms with Crippen molar-refractivity contribution in [3.05, 3.63) is 77.5 Å². The molecule has 0 aliphatic carbocycles. The number of nitrogens with zero attached hydrogens (tertiary/aromatic N) is 3. The number of rotatable bonds is 5. The Labute approximate surface area is 155 Å². The molecule has 7 heteroatoms. The summed E-state index contributed by atoms with van der Waals surface area (Å²) in [5.74, 6) is -0.589. The Balaban J connectivity index is 1.83. The predicted molar refractivity (Wildman–Crippen MR) is 98.6 cm³/mol. The van der Waals surface area contributed by atoms with Crippen molar-refractivity contribution >= 4 is 17.7 Å². The number of amides is 1. The minimum Gasteiger partial charge on any atom is -0.462 e. The summed E-state index contributed by atoms with van der Waals surface area (Å²) in [7, 11) is 0. The summed E-state index contributed by atoms with van der Waals surface area (Å²) in [5, 5.41) is 16.2. The number of ether oxygens (including phenoxy) is 1. The fourth-order valence-electron chi connectivity index (χ4n) is 2.41. The Bertz CT molecular complexity index is 1000.